The molecule has 1 aromatic heterocycles. The van der Waals surface area contributed by atoms with E-state index in [1.807, 2.05) is 16.7 Å². The molecule has 0 saturated heterocycles. The van der Waals surface area contributed by atoms with Crippen LogP contribution >= 0.6 is 11.8 Å². The first-order valence-electron chi connectivity index (χ1n) is 9.07. The Morgan fingerprint density at radius 2 is 2.20 bits per heavy atom. The summed E-state index contributed by atoms with van der Waals surface area (Å²) in [4.78, 5) is 12.3. The predicted molar refractivity (Wildman–Crippen MR) is 101 cm³/mol. The summed E-state index contributed by atoms with van der Waals surface area (Å²) >= 11 is 1.44. The lowest BCUT2D eigenvalue weighted by Gasteiger charge is -2.27. The minimum absolute atomic E-state index is 0.0856. The van der Waals surface area contributed by atoms with E-state index in [1.165, 1.54) is 30.2 Å². The van der Waals surface area contributed by atoms with E-state index in [0.717, 1.165) is 30.1 Å². The van der Waals surface area contributed by atoms with Gasteiger partial charge in [0.25, 0.3) is 0 Å². The molecule has 0 radical (unpaired) electrons. The van der Waals surface area contributed by atoms with E-state index in [2.05, 4.69) is 41.5 Å². The van der Waals surface area contributed by atoms with Crippen molar-refractivity contribution >= 4 is 17.7 Å². The number of benzene rings is 1. The molecule has 0 aliphatic heterocycles. The number of amides is 1. The van der Waals surface area contributed by atoms with Crippen molar-refractivity contribution in [3.8, 4) is 5.69 Å². The number of thioether (sulfide) groups is 1. The second kappa shape index (κ2) is 8.52. The number of rotatable bonds is 6. The molecule has 2 unspecified atom stereocenters. The molecular formula is C19H26N4OS. The summed E-state index contributed by atoms with van der Waals surface area (Å²) in [5.74, 6) is 1.17. The van der Waals surface area contributed by atoms with Gasteiger partial charge in [-0.3, -0.25) is 9.36 Å². The van der Waals surface area contributed by atoms with Crippen LogP contribution in [0.5, 0.6) is 0 Å². The fourth-order valence-electron chi connectivity index (χ4n) is 3.50. The molecule has 1 aromatic carbocycles. The van der Waals surface area contributed by atoms with Gasteiger partial charge in [0.15, 0.2) is 5.16 Å². The highest BCUT2D eigenvalue weighted by atomic mass is 32.2. The molecule has 134 valence electrons. The summed E-state index contributed by atoms with van der Waals surface area (Å²) < 4.78 is 1.97. The summed E-state index contributed by atoms with van der Waals surface area (Å²) in [6.45, 7) is 4.40. The Labute approximate surface area is 153 Å². The van der Waals surface area contributed by atoms with E-state index in [1.54, 1.807) is 6.33 Å². The largest absolute Gasteiger partial charge is 0.353 e. The third-order valence-corrected chi connectivity index (χ3v) is 5.73. The third-order valence-electron chi connectivity index (χ3n) is 4.78. The van der Waals surface area contributed by atoms with Gasteiger partial charge in [-0.1, -0.05) is 56.7 Å². The van der Waals surface area contributed by atoms with Gasteiger partial charge in [0.05, 0.1) is 11.4 Å². The van der Waals surface area contributed by atoms with Crippen LogP contribution in [0.15, 0.2) is 35.7 Å². The molecule has 0 spiro atoms. The number of hydrogen-bond acceptors (Lipinski definition) is 4. The Balaban J connectivity index is 1.61. The number of nitrogens with zero attached hydrogens (tertiary/aromatic N) is 3. The second-order valence-corrected chi connectivity index (χ2v) is 7.73. The fourth-order valence-corrected chi connectivity index (χ4v) is 4.23. The average molecular weight is 359 g/mol. The standard InChI is InChI=1S/C19H26N4OS/c1-3-15-8-4-5-10-17(15)23-13-20-22-19(23)25-12-18(24)21-16-9-6-7-14(2)11-16/h4-5,8,10,13-14,16H,3,6-7,9,11-12H2,1-2H3,(H,21,24). The zero-order valence-corrected chi connectivity index (χ0v) is 15.8. The lowest BCUT2D eigenvalue weighted by atomic mass is 9.87. The molecule has 0 bridgehead atoms. The van der Waals surface area contributed by atoms with Crippen molar-refractivity contribution in [3.63, 3.8) is 0 Å². The number of nitrogens with one attached hydrogen (secondary N) is 1. The fraction of sp³-hybridized carbons (Fsp3) is 0.526. The summed E-state index contributed by atoms with van der Waals surface area (Å²) in [6.07, 6.45) is 7.34. The van der Waals surface area contributed by atoms with Crippen LogP contribution in [0, 0.1) is 5.92 Å². The molecule has 6 heteroatoms. The van der Waals surface area contributed by atoms with Gasteiger partial charge in [-0.25, -0.2) is 0 Å². The Bertz CT molecular complexity index is 715. The van der Waals surface area contributed by atoms with Gasteiger partial charge in [0.2, 0.25) is 5.91 Å². The first kappa shape index (κ1) is 18.0. The van der Waals surface area contributed by atoms with Gasteiger partial charge in [-0.2, -0.15) is 0 Å². The maximum Gasteiger partial charge on any atom is 0.230 e. The highest BCUT2D eigenvalue weighted by Crippen LogP contribution is 2.25. The van der Waals surface area contributed by atoms with Crippen LogP contribution in [-0.4, -0.2) is 32.5 Å². The summed E-state index contributed by atoms with van der Waals surface area (Å²) in [5.41, 5.74) is 2.32. The number of para-hydroxylation sites is 1. The van der Waals surface area contributed by atoms with E-state index < -0.39 is 0 Å². The maximum atomic E-state index is 12.3. The molecule has 1 saturated carbocycles. The molecule has 1 heterocycles. The van der Waals surface area contributed by atoms with Gasteiger partial charge in [0, 0.05) is 6.04 Å². The lowest BCUT2D eigenvalue weighted by Crippen LogP contribution is -2.38. The van der Waals surface area contributed by atoms with Crippen molar-refractivity contribution in [1.29, 1.82) is 0 Å². The zero-order valence-electron chi connectivity index (χ0n) is 14.9. The molecular weight excluding hydrogens is 332 g/mol. The molecule has 25 heavy (non-hydrogen) atoms. The Kier molecular flexibility index (Phi) is 6.13. The monoisotopic (exact) mass is 358 g/mol. The van der Waals surface area contributed by atoms with Crippen LogP contribution in [0.3, 0.4) is 0 Å². The van der Waals surface area contributed by atoms with Crippen molar-refractivity contribution < 1.29 is 4.79 Å². The van der Waals surface area contributed by atoms with E-state index in [0.29, 0.717) is 17.7 Å². The SMILES string of the molecule is CCc1ccccc1-n1cnnc1SCC(=O)NC1CCCC(C)C1. The minimum atomic E-state index is 0.0856. The lowest BCUT2D eigenvalue weighted by molar-refractivity contribution is -0.119. The zero-order chi connectivity index (χ0) is 17.6. The van der Waals surface area contributed by atoms with Crippen LogP contribution in [0.1, 0.15) is 45.1 Å². The molecule has 1 aliphatic carbocycles. The van der Waals surface area contributed by atoms with Gasteiger partial charge < -0.3 is 5.32 Å². The third kappa shape index (κ3) is 4.63. The molecule has 1 aliphatic rings. The van der Waals surface area contributed by atoms with Gasteiger partial charge in [0.1, 0.15) is 6.33 Å². The summed E-state index contributed by atoms with van der Waals surface area (Å²) in [7, 11) is 0. The number of aryl methyl sites for hydroxylation is 1. The Hall–Kier alpha value is -1.82. The molecule has 1 fully saturated rings. The highest BCUT2D eigenvalue weighted by molar-refractivity contribution is 7.99. The normalized spacial score (nSPS) is 20.4. The summed E-state index contributed by atoms with van der Waals surface area (Å²) in [6, 6.07) is 8.56. The Morgan fingerprint density at radius 1 is 1.36 bits per heavy atom. The highest BCUT2D eigenvalue weighted by Gasteiger charge is 2.20. The number of carbonyl (C=O) groups is 1. The molecule has 5 nitrogen and oxygen atoms in total. The second-order valence-electron chi connectivity index (χ2n) is 6.79. The number of hydrogen-bond donors (Lipinski definition) is 1. The molecule has 2 aromatic rings. The average Bonchev–Trinajstić information content (AvgIpc) is 3.08. The number of carbonyl (C=O) groups excluding carboxylic acids is 1. The van der Waals surface area contributed by atoms with E-state index in [-0.39, 0.29) is 5.91 Å². The van der Waals surface area contributed by atoms with Crippen molar-refractivity contribution in [1.82, 2.24) is 20.1 Å². The van der Waals surface area contributed by atoms with E-state index in [4.69, 9.17) is 0 Å². The van der Waals surface area contributed by atoms with Crippen molar-refractivity contribution in [2.45, 2.75) is 57.1 Å². The molecule has 3 rings (SSSR count). The Morgan fingerprint density at radius 3 is 3.00 bits per heavy atom. The first-order valence-corrected chi connectivity index (χ1v) is 10.1. The quantitative estimate of drug-likeness (QED) is 0.801. The minimum Gasteiger partial charge on any atom is -0.353 e. The van der Waals surface area contributed by atoms with Crippen molar-refractivity contribution in [2.75, 3.05) is 5.75 Å². The van der Waals surface area contributed by atoms with Crippen LogP contribution in [0.2, 0.25) is 0 Å². The van der Waals surface area contributed by atoms with Crippen LogP contribution < -0.4 is 5.32 Å². The van der Waals surface area contributed by atoms with Crippen LogP contribution in [-0.2, 0) is 11.2 Å². The molecule has 1 amide bonds. The van der Waals surface area contributed by atoms with Gasteiger partial charge in [-0.15, -0.1) is 10.2 Å². The van der Waals surface area contributed by atoms with Crippen molar-refractivity contribution in [3.05, 3.63) is 36.2 Å². The van der Waals surface area contributed by atoms with Gasteiger partial charge in [-0.05, 0) is 36.8 Å². The molecule has 1 N–H and O–H groups in total. The van der Waals surface area contributed by atoms with E-state index >= 15 is 0 Å². The summed E-state index contributed by atoms with van der Waals surface area (Å²) in [5, 5.41) is 12.2. The van der Waals surface area contributed by atoms with Crippen LogP contribution in [0.4, 0.5) is 0 Å². The maximum absolute atomic E-state index is 12.3. The first-order chi connectivity index (χ1) is 12.2. The predicted octanol–water partition coefficient (Wildman–Crippen LogP) is 3.62. The van der Waals surface area contributed by atoms with E-state index in [9.17, 15) is 4.79 Å². The van der Waals surface area contributed by atoms with Crippen LogP contribution in [0.25, 0.3) is 5.69 Å². The topological polar surface area (TPSA) is 59.8 Å². The molecule has 2 atom stereocenters. The smallest absolute Gasteiger partial charge is 0.230 e. The van der Waals surface area contributed by atoms with Crippen molar-refractivity contribution in [2.24, 2.45) is 5.92 Å². The van der Waals surface area contributed by atoms with Gasteiger partial charge >= 0.3 is 0 Å². The number of aromatic nitrogens is 3.